The highest BCUT2D eigenvalue weighted by Crippen LogP contribution is 2.32. The van der Waals surface area contributed by atoms with E-state index in [4.69, 9.17) is 0 Å². The van der Waals surface area contributed by atoms with Crippen molar-refractivity contribution in [1.82, 2.24) is 0 Å². The Labute approximate surface area is 139 Å². The summed E-state index contributed by atoms with van der Waals surface area (Å²) in [6, 6.07) is 13.2. The number of hydrogen-bond acceptors (Lipinski definition) is 2. The van der Waals surface area contributed by atoms with Crippen LogP contribution in [0.5, 0.6) is 0 Å². The molecule has 0 aliphatic heterocycles. The SMILES string of the molecule is CCCCCCc1ccc(-c2ccc(Br)cc2)c([N+](=O)[O-])c1. The summed E-state index contributed by atoms with van der Waals surface area (Å²) >= 11 is 3.38. The van der Waals surface area contributed by atoms with Gasteiger partial charge in [-0.1, -0.05) is 60.3 Å². The van der Waals surface area contributed by atoms with E-state index < -0.39 is 0 Å². The second kappa shape index (κ2) is 8.08. The van der Waals surface area contributed by atoms with Crippen LogP contribution >= 0.6 is 15.9 Å². The molecule has 2 rings (SSSR count). The van der Waals surface area contributed by atoms with Crippen molar-refractivity contribution in [3.05, 3.63) is 62.6 Å². The van der Waals surface area contributed by atoms with Crippen LogP contribution in [0.1, 0.15) is 38.2 Å². The number of benzene rings is 2. The normalized spacial score (nSPS) is 10.6. The quantitative estimate of drug-likeness (QED) is 0.337. The minimum absolute atomic E-state index is 0.190. The Balaban J connectivity index is 2.24. The Morgan fingerprint density at radius 1 is 1.05 bits per heavy atom. The van der Waals surface area contributed by atoms with Gasteiger partial charge in [0.05, 0.1) is 10.5 Å². The van der Waals surface area contributed by atoms with Crippen LogP contribution in [-0.2, 0) is 6.42 Å². The van der Waals surface area contributed by atoms with E-state index in [9.17, 15) is 10.1 Å². The van der Waals surface area contributed by atoms with E-state index in [0.717, 1.165) is 28.4 Å². The molecule has 3 nitrogen and oxygen atoms in total. The fraction of sp³-hybridized carbons (Fsp3) is 0.333. The van der Waals surface area contributed by atoms with Crippen molar-refractivity contribution in [2.45, 2.75) is 39.0 Å². The second-order valence-electron chi connectivity index (χ2n) is 5.43. The average molecular weight is 362 g/mol. The fourth-order valence-corrected chi connectivity index (χ4v) is 2.78. The summed E-state index contributed by atoms with van der Waals surface area (Å²) < 4.78 is 0.964. The molecule has 0 atom stereocenters. The van der Waals surface area contributed by atoms with E-state index in [2.05, 4.69) is 22.9 Å². The molecule has 2 aromatic carbocycles. The third-order valence-corrected chi connectivity index (χ3v) is 4.26. The predicted molar refractivity (Wildman–Crippen MR) is 94.1 cm³/mol. The predicted octanol–water partition coefficient (Wildman–Crippen LogP) is 6.15. The molecule has 0 aliphatic rings. The molecule has 0 bridgehead atoms. The summed E-state index contributed by atoms with van der Waals surface area (Å²) in [7, 11) is 0. The topological polar surface area (TPSA) is 43.1 Å². The van der Waals surface area contributed by atoms with Crippen LogP contribution < -0.4 is 0 Å². The van der Waals surface area contributed by atoms with Crippen molar-refractivity contribution in [1.29, 1.82) is 0 Å². The molecule has 0 unspecified atom stereocenters. The number of aryl methyl sites for hydroxylation is 1. The van der Waals surface area contributed by atoms with Crippen molar-refractivity contribution in [2.75, 3.05) is 0 Å². The van der Waals surface area contributed by atoms with Gasteiger partial charge in [0.2, 0.25) is 0 Å². The third-order valence-electron chi connectivity index (χ3n) is 3.73. The average Bonchev–Trinajstić information content (AvgIpc) is 2.52. The first-order chi connectivity index (χ1) is 10.6. The molecule has 116 valence electrons. The van der Waals surface area contributed by atoms with Crippen molar-refractivity contribution in [3.63, 3.8) is 0 Å². The largest absolute Gasteiger partial charge is 0.277 e. The lowest BCUT2D eigenvalue weighted by atomic mass is 9.99. The summed E-state index contributed by atoms with van der Waals surface area (Å²) in [5.74, 6) is 0. The molecule has 22 heavy (non-hydrogen) atoms. The molecule has 0 heterocycles. The van der Waals surface area contributed by atoms with Gasteiger partial charge in [0.25, 0.3) is 5.69 Å². The molecule has 0 aliphatic carbocycles. The zero-order valence-corrected chi connectivity index (χ0v) is 14.3. The first-order valence-corrected chi connectivity index (χ1v) is 8.44. The van der Waals surface area contributed by atoms with E-state index >= 15 is 0 Å². The monoisotopic (exact) mass is 361 g/mol. The Kier molecular flexibility index (Phi) is 6.13. The van der Waals surface area contributed by atoms with E-state index in [1.54, 1.807) is 6.07 Å². The number of nitro benzene ring substituents is 1. The van der Waals surface area contributed by atoms with Crippen molar-refractivity contribution < 1.29 is 4.92 Å². The van der Waals surface area contributed by atoms with Gasteiger partial charge in [-0.2, -0.15) is 0 Å². The number of rotatable bonds is 7. The third kappa shape index (κ3) is 4.41. The molecule has 4 heteroatoms. The lowest BCUT2D eigenvalue weighted by molar-refractivity contribution is -0.384. The van der Waals surface area contributed by atoms with E-state index in [0.29, 0.717) is 5.56 Å². The molecule has 0 spiro atoms. The second-order valence-corrected chi connectivity index (χ2v) is 6.34. The van der Waals surface area contributed by atoms with Gasteiger partial charge in [0.1, 0.15) is 0 Å². The van der Waals surface area contributed by atoms with Crippen LogP contribution in [0.4, 0.5) is 5.69 Å². The fourth-order valence-electron chi connectivity index (χ4n) is 2.51. The Morgan fingerprint density at radius 2 is 1.77 bits per heavy atom. The highest BCUT2D eigenvalue weighted by molar-refractivity contribution is 9.10. The first kappa shape index (κ1) is 16.7. The number of hydrogen-bond donors (Lipinski definition) is 0. The van der Waals surface area contributed by atoms with Crippen LogP contribution in [0.3, 0.4) is 0 Å². The van der Waals surface area contributed by atoms with Crippen LogP contribution in [0, 0.1) is 10.1 Å². The molecule has 0 fully saturated rings. The number of halogens is 1. The first-order valence-electron chi connectivity index (χ1n) is 7.65. The Bertz CT molecular complexity index is 638. The van der Waals surface area contributed by atoms with Crippen molar-refractivity contribution in [3.8, 4) is 11.1 Å². The van der Waals surface area contributed by atoms with Crippen molar-refractivity contribution in [2.24, 2.45) is 0 Å². The van der Waals surface area contributed by atoms with E-state index in [-0.39, 0.29) is 10.6 Å². The van der Waals surface area contributed by atoms with Gasteiger partial charge in [0.15, 0.2) is 0 Å². The van der Waals surface area contributed by atoms with Gasteiger partial charge in [-0.15, -0.1) is 0 Å². The molecule has 2 aromatic rings. The Morgan fingerprint density at radius 3 is 2.41 bits per heavy atom. The van der Waals surface area contributed by atoms with E-state index in [1.165, 1.54) is 19.3 Å². The van der Waals surface area contributed by atoms with Gasteiger partial charge in [-0.05, 0) is 42.2 Å². The smallest absolute Gasteiger partial charge is 0.258 e. The van der Waals surface area contributed by atoms with Gasteiger partial charge in [-0.3, -0.25) is 10.1 Å². The van der Waals surface area contributed by atoms with Gasteiger partial charge < -0.3 is 0 Å². The number of nitrogens with zero attached hydrogens (tertiary/aromatic N) is 1. The molecule has 0 N–H and O–H groups in total. The van der Waals surface area contributed by atoms with E-state index in [1.807, 2.05) is 36.4 Å². The highest BCUT2D eigenvalue weighted by atomic mass is 79.9. The molecular formula is C18H20BrNO2. The molecule has 0 aromatic heterocycles. The minimum atomic E-state index is -0.285. The van der Waals surface area contributed by atoms with Crippen LogP contribution in [0.2, 0.25) is 0 Å². The number of unbranched alkanes of at least 4 members (excludes halogenated alkanes) is 3. The standard InChI is InChI=1S/C18H20BrNO2/c1-2-3-4-5-6-14-7-12-17(18(13-14)20(21)22)15-8-10-16(19)11-9-15/h7-13H,2-6H2,1H3. The summed E-state index contributed by atoms with van der Waals surface area (Å²) in [4.78, 5) is 11.1. The molecular weight excluding hydrogens is 342 g/mol. The van der Waals surface area contributed by atoms with Gasteiger partial charge >= 0.3 is 0 Å². The van der Waals surface area contributed by atoms with Gasteiger partial charge in [0, 0.05) is 10.5 Å². The van der Waals surface area contributed by atoms with Crippen LogP contribution in [0.15, 0.2) is 46.9 Å². The lowest BCUT2D eigenvalue weighted by Gasteiger charge is -2.07. The maximum absolute atomic E-state index is 11.4. The van der Waals surface area contributed by atoms with Gasteiger partial charge in [-0.25, -0.2) is 0 Å². The molecule has 0 radical (unpaired) electrons. The Hall–Kier alpha value is -1.68. The molecule has 0 amide bonds. The zero-order chi connectivity index (χ0) is 15.9. The highest BCUT2D eigenvalue weighted by Gasteiger charge is 2.16. The molecule has 0 saturated heterocycles. The summed E-state index contributed by atoms with van der Waals surface area (Å²) in [5, 5.41) is 11.4. The maximum Gasteiger partial charge on any atom is 0.277 e. The maximum atomic E-state index is 11.4. The summed E-state index contributed by atoms with van der Waals surface area (Å²) in [6.45, 7) is 2.18. The minimum Gasteiger partial charge on any atom is -0.258 e. The number of nitro groups is 1. The van der Waals surface area contributed by atoms with Crippen LogP contribution in [0.25, 0.3) is 11.1 Å². The van der Waals surface area contributed by atoms with Crippen LogP contribution in [-0.4, -0.2) is 4.92 Å². The lowest BCUT2D eigenvalue weighted by Crippen LogP contribution is -1.95. The summed E-state index contributed by atoms with van der Waals surface area (Å²) in [6.07, 6.45) is 5.59. The summed E-state index contributed by atoms with van der Waals surface area (Å²) in [5.41, 5.74) is 2.78. The molecule has 0 saturated carbocycles. The van der Waals surface area contributed by atoms with Crippen molar-refractivity contribution >= 4 is 21.6 Å². The zero-order valence-electron chi connectivity index (χ0n) is 12.7.